The number of carbonyl (C=O) groups is 1. The number of aliphatic hydroxyl groups excluding tert-OH is 1. The van der Waals surface area contributed by atoms with Crippen LogP contribution in [0.1, 0.15) is 48.0 Å². The van der Waals surface area contributed by atoms with E-state index in [-0.39, 0.29) is 17.4 Å². The van der Waals surface area contributed by atoms with Crippen molar-refractivity contribution in [1.82, 2.24) is 4.90 Å². The Morgan fingerprint density at radius 3 is 2.17 bits per heavy atom. The first-order valence-electron chi connectivity index (χ1n) is 6.67. The summed E-state index contributed by atoms with van der Waals surface area (Å²) in [6, 6.07) is 0. The molecule has 0 saturated carbocycles. The molecule has 0 spiro atoms. The Kier molecular flexibility index (Phi) is 4.31. The Morgan fingerprint density at radius 2 is 1.78 bits per heavy atom. The van der Waals surface area contributed by atoms with Gasteiger partial charge < -0.3 is 14.7 Å². The van der Waals surface area contributed by atoms with Crippen LogP contribution in [0.4, 0.5) is 4.79 Å². The molecule has 106 valence electrons. The van der Waals surface area contributed by atoms with Crippen molar-refractivity contribution >= 4 is 6.09 Å². The van der Waals surface area contributed by atoms with Crippen molar-refractivity contribution in [3.05, 3.63) is 0 Å². The molecule has 1 fully saturated rings. The highest BCUT2D eigenvalue weighted by Gasteiger charge is 2.38. The number of piperidine rings is 1. The molecule has 1 aliphatic rings. The minimum absolute atomic E-state index is 0.0689. The van der Waals surface area contributed by atoms with Crippen molar-refractivity contribution in [2.75, 3.05) is 13.1 Å². The lowest BCUT2D eigenvalue weighted by atomic mass is 9.74. The average molecular weight is 257 g/mol. The van der Waals surface area contributed by atoms with Crippen molar-refractivity contribution in [3.8, 4) is 0 Å². The lowest BCUT2D eigenvalue weighted by Crippen LogP contribution is -2.51. The van der Waals surface area contributed by atoms with Crippen molar-refractivity contribution in [3.63, 3.8) is 0 Å². The molecule has 1 amide bonds. The highest BCUT2D eigenvalue weighted by molar-refractivity contribution is 5.68. The molecule has 4 heteroatoms. The fourth-order valence-electron chi connectivity index (χ4n) is 2.43. The maximum absolute atomic E-state index is 11.9. The van der Waals surface area contributed by atoms with Crippen molar-refractivity contribution in [2.24, 2.45) is 11.3 Å². The topological polar surface area (TPSA) is 49.8 Å². The molecule has 1 rings (SSSR count). The highest BCUT2D eigenvalue weighted by Crippen LogP contribution is 2.34. The normalized spacial score (nSPS) is 26.1. The lowest BCUT2D eigenvalue weighted by Gasteiger charge is -2.42. The monoisotopic (exact) mass is 257 g/mol. The molecule has 1 saturated heterocycles. The van der Waals surface area contributed by atoms with E-state index in [0.29, 0.717) is 13.1 Å². The zero-order valence-electron chi connectivity index (χ0n) is 12.5. The molecule has 0 aromatic rings. The number of hydrogen-bond donors (Lipinski definition) is 1. The maximum atomic E-state index is 11.9. The van der Waals surface area contributed by atoms with E-state index in [9.17, 15) is 9.90 Å². The van der Waals surface area contributed by atoms with Gasteiger partial charge in [-0.15, -0.1) is 0 Å². The number of ether oxygens (including phenoxy) is 1. The molecule has 1 aliphatic heterocycles. The number of rotatable bonds is 0. The molecule has 1 N–H and O–H groups in total. The van der Waals surface area contributed by atoms with Gasteiger partial charge in [-0.05, 0) is 38.5 Å². The van der Waals surface area contributed by atoms with Gasteiger partial charge in [-0.25, -0.2) is 4.79 Å². The maximum Gasteiger partial charge on any atom is 0.410 e. The third-order valence-electron chi connectivity index (χ3n) is 3.35. The largest absolute Gasteiger partial charge is 0.444 e. The third-order valence-corrected chi connectivity index (χ3v) is 3.35. The Bertz CT molecular complexity index is 301. The Labute approximate surface area is 110 Å². The van der Waals surface area contributed by atoms with E-state index >= 15 is 0 Å². The van der Waals surface area contributed by atoms with Crippen molar-refractivity contribution in [2.45, 2.75) is 59.7 Å². The third kappa shape index (κ3) is 4.16. The van der Waals surface area contributed by atoms with Crippen LogP contribution in [0.25, 0.3) is 0 Å². The second-order valence-electron chi connectivity index (χ2n) is 7.25. The highest BCUT2D eigenvalue weighted by atomic mass is 16.6. The molecule has 0 bridgehead atoms. The molecular weight excluding hydrogens is 230 g/mol. The lowest BCUT2D eigenvalue weighted by molar-refractivity contribution is -0.0376. The van der Waals surface area contributed by atoms with E-state index in [1.54, 1.807) is 4.90 Å². The van der Waals surface area contributed by atoms with E-state index in [4.69, 9.17) is 4.74 Å². The predicted molar refractivity (Wildman–Crippen MR) is 71.4 cm³/mol. The smallest absolute Gasteiger partial charge is 0.410 e. The number of hydrogen-bond acceptors (Lipinski definition) is 3. The van der Waals surface area contributed by atoms with Gasteiger partial charge in [0.1, 0.15) is 5.60 Å². The fraction of sp³-hybridized carbons (Fsp3) is 0.929. The van der Waals surface area contributed by atoms with Crippen LogP contribution in [0.3, 0.4) is 0 Å². The van der Waals surface area contributed by atoms with E-state index in [1.165, 1.54) is 0 Å². The summed E-state index contributed by atoms with van der Waals surface area (Å²) in [5, 5.41) is 10.2. The van der Waals surface area contributed by atoms with Gasteiger partial charge in [0.2, 0.25) is 0 Å². The van der Waals surface area contributed by atoms with Crippen molar-refractivity contribution < 1.29 is 14.6 Å². The summed E-state index contributed by atoms with van der Waals surface area (Å²) in [5.74, 6) is 0.233. The van der Waals surface area contributed by atoms with E-state index < -0.39 is 11.7 Å². The molecule has 0 aliphatic carbocycles. The molecule has 0 radical (unpaired) electrons. The van der Waals surface area contributed by atoms with Gasteiger partial charge in [-0.1, -0.05) is 20.8 Å². The SMILES string of the molecule is CC(C)(C)OC(=O)N1CC[C@@H](C(C)(C)C)[C@H](O)C1. The van der Waals surface area contributed by atoms with Crippen molar-refractivity contribution in [1.29, 1.82) is 0 Å². The minimum atomic E-state index is -0.483. The summed E-state index contributed by atoms with van der Waals surface area (Å²) in [6.45, 7) is 13.0. The minimum Gasteiger partial charge on any atom is -0.444 e. The van der Waals surface area contributed by atoms with Gasteiger partial charge in [0.05, 0.1) is 12.6 Å². The second kappa shape index (κ2) is 5.08. The predicted octanol–water partition coefficient (Wildman–Crippen LogP) is 2.65. The second-order valence-corrected chi connectivity index (χ2v) is 7.25. The Morgan fingerprint density at radius 1 is 1.22 bits per heavy atom. The van der Waals surface area contributed by atoms with Crippen LogP contribution in [0.15, 0.2) is 0 Å². The molecule has 4 nitrogen and oxygen atoms in total. The van der Waals surface area contributed by atoms with Gasteiger partial charge >= 0.3 is 6.09 Å². The van der Waals surface area contributed by atoms with Crippen LogP contribution in [0.5, 0.6) is 0 Å². The number of β-amino-alcohol motifs (C(OH)–C–C–N with tert-alkyl or cyclic N) is 1. The van der Waals surface area contributed by atoms with Gasteiger partial charge in [0.15, 0.2) is 0 Å². The van der Waals surface area contributed by atoms with E-state index in [0.717, 1.165) is 6.42 Å². The molecule has 0 unspecified atom stereocenters. The van der Waals surface area contributed by atoms with Crippen LogP contribution in [0, 0.1) is 11.3 Å². The number of nitrogens with zero attached hydrogens (tertiary/aromatic N) is 1. The molecule has 18 heavy (non-hydrogen) atoms. The van der Waals surface area contributed by atoms with Crippen LogP contribution in [-0.2, 0) is 4.74 Å². The summed E-state index contributed by atoms with van der Waals surface area (Å²) in [6.07, 6.45) is 0.0318. The summed E-state index contributed by atoms with van der Waals surface area (Å²) in [7, 11) is 0. The molecule has 0 aromatic heterocycles. The van der Waals surface area contributed by atoms with E-state index in [2.05, 4.69) is 20.8 Å². The molecule has 1 heterocycles. The Balaban J connectivity index is 2.59. The van der Waals surface area contributed by atoms with Gasteiger partial charge in [0, 0.05) is 6.54 Å². The van der Waals surface area contributed by atoms with Crippen LogP contribution >= 0.6 is 0 Å². The summed E-state index contributed by atoms with van der Waals surface area (Å²) in [4.78, 5) is 13.5. The van der Waals surface area contributed by atoms with Crippen LogP contribution in [-0.4, -0.2) is 40.9 Å². The standard InChI is InChI=1S/C14H27NO3/c1-13(2,3)10-7-8-15(9-11(10)16)12(17)18-14(4,5)6/h10-11,16H,7-9H2,1-6H3/t10-,11-/m1/s1. The Hall–Kier alpha value is -0.770. The quantitative estimate of drug-likeness (QED) is 0.726. The van der Waals surface area contributed by atoms with Gasteiger partial charge in [-0.3, -0.25) is 0 Å². The summed E-state index contributed by atoms with van der Waals surface area (Å²) < 4.78 is 5.32. The molecular formula is C14H27NO3. The zero-order chi connectivity index (χ0) is 14.1. The average Bonchev–Trinajstić information content (AvgIpc) is 2.12. The van der Waals surface area contributed by atoms with Crippen LogP contribution < -0.4 is 0 Å². The molecule has 2 atom stereocenters. The number of aliphatic hydroxyl groups is 1. The first-order valence-corrected chi connectivity index (χ1v) is 6.67. The first-order chi connectivity index (χ1) is 8.00. The first kappa shape index (κ1) is 15.3. The number of amides is 1. The summed E-state index contributed by atoms with van der Waals surface area (Å²) in [5.41, 5.74) is -0.414. The zero-order valence-corrected chi connectivity index (χ0v) is 12.5. The van der Waals surface area contributed by atoms with Crippen LogP contribution in [0.2, 0.25) is 0 Å². The van der Waals surface area contributed by atoms with Gasteiger partial charge in [0.25, 0.3) is 0 Å². The number of carbonyl (C=O) groups excluding carboxylic acids is 1. The molecule has 0 aromatic carbocycles. The van der Waals surface area contributed by atoms with E-state index in [1.807, 2.05) is 20.8 Å². The fourth-order valence-corrected chi connectivity index (χ4v) is 2.43. The number of likely N-dealkylation sites (tertiary alicyclic amines) is 1. The summed E-state index contributed by atoms with van der Waals surface area (Å²) >= 11 is 0. The van der Waals surface area contributed by atoms with Gasteiger partial charge in [-0.2, -0.15) is 0 Å².